The van der Waals surface area contributed by atoms with Crippen LogP contribution in [0.25, 0.3) is 0 Å². The van der Waals surface area contributed by atoms with Crippen LogP contribution in [0.2, 0.25) is 0 Å². The zero-order chi connectivity index (χ0) is 13.1. The molecule has 0 aromatic rings. The molecule has 0 fully saturated rings. The maximum Gasteiger partial charge on any atom is 0.333 e. The predicted octanol–water partition coefficient (Wildman–Crippen LogP) is 0.712. The first-order valence-corrected chi connectivity index (χ1v) is 4.53. The van der Waals surface area contributed by atoms with Crippen LogP contribution in [0, 0.1) is 0 Å². The minimum Gasteiger partial charge on any atom is -0.479 e. The van der Waals surface area contributed by atoms with Gasteiger partial charge in [0.2, 0.25) is 0 Å². The standard InChI is InChI=1S/C6H10O4.C4H6O2/c1-2-10-5(3-4-7)6(8)9;1-3(2)4(5)6/h4-5H,2-3H2,1H3,(H,8,9);1H2,2H3,(H,5,6). The van der Waals surface area contributed by atoms with Crippen LogP contribution < -0.4 is 0 Å². The van der Waals surface area contributed by atoms with E-state index in [4.69, 9.17) is 14.9 Å². The number of carbonyl (C=O) groups excluding carboxylic acids is 1. The number of ether oxygens (including phenoxy) is 1. The van der Waals surface area contributed by atoms with Gasteiger partial charge in [-0.25, -0.2) is 9.59 Å². The van der Waals surface area contributed by atoms with Crippen LogP contribution in [-0.2, 0) is 19.1 Å². The average molecular weight is 232 g/mol. The zero-order valence-electron chi connectivity index (χ0n) is 9.30. The highest BCUT2D eigenvalue weighted by atomic mass is 16.5. The third-order valence-electron chi connectivity index (χ3n) is 1.32. The van der Waals surface area contributed by atoms with Crippen LogP contribution in [0.3, 0.4) is 0 Å². The number of carbonyl (C=O) groups is 3. The molecule has 0 aliphatic heterocycles. The third kappa shape index (κ3) is 10.4. The topological polar surface area (TPSA) is 101 Å². The van der Waals surface area contributed by atoms with Crippen molar-refractivity contribution in [1.29, 1.82) is 0 Å². The molecule has 1 unspecified atom stereocenters. The molecule has 0 saturated heterocycles. The number of hydrogen-bond donors (Lipinski definition) is 2. The molecule has 6 heteroatoms. The van der Waals surface area contributed by atoms with E-state index in [1.807, 2.05) is 0 Å². The molecule has 6 nitrogen and oxygen atoms in total. The summed E-state index contributed by atoms with van der Waals surface area (Å²) < 4.78 is 4.71. The molecular weight excluding hydrogens is 216 g/mol. The summed E-state index contributed by atoms with van der Waals surface area (Å²) in [5, 5.41) is 16.2. The minimum absolute atomic E-state index is 0.0802. The van der Waals surface area contributed by atoms with E-state index in [1.165, 1.54) is 6.92 Å². The van der Waals surface area contributed by atoms with E-state index in [-0.39, 0.29) is 12.0 Å². The predicted molar refractivity (Wildman–Crippen MR) is 56.2 cm³/mol. The second-order valence-corrected chi connectivity index (χ2v) is 2.77. The maximum absolute atomic E-state index is 10.2. The largest absolute Gasteiger partial charge is 0.479 e. The summed E-state index contributed by atoms with van der Waals surface area (Å²) in [6.07, 6.45) is -0.514. The number of aliphatic carboxylic acids is 2. The second kappa shape index (κ2) is 9.85. The summed E-state index contributed by atoms with van der Waals surface area (Å²) in [5.74, 6) is -2.02. The normalized spacial score (nSPS) is 10.6. The fourth-order valence-electron chi connectivity index (χ4n) is 0.529. The number of carboxylic acids is 2. The molecule has 16 heavy (non-hydrogen) atoms. The molecule has 0 aromatic carbocycles. The number of aldehydes is 1. The van der Waals surface area contributed by atoms with Gasteiger partial charge in [0.25, 0.3) is 0 Å². The van der Waals surface area contributed by atoms with Gasteiger partial charge in [-0.1, -0.05) is 6.58 Å². The lowest BCUT2D eigenvalue weighted by Crippen LogP contribution is -2.24. The van der Waals surface area contributed by atoms with E-state index in [0.717, 1.165) is 0 Å². The van der Waals surface area contributed by atoms with Crippen LogP contribution >= 0.6 is 0 Å². The second-order valence-electron chi connectivity index (χ2n) is 2.77. The third-order valence-corrected chi connectivity index (χ3v) is 1.32. The smallest absolute Gasteiger partial charge is 0.333 e. The van der Waals surface area contributed by atoms with Crippen molar-refractivity contribution in [1.82, 2.24) is 0 Å². The zero-order valence-corrected chi connectivity index (χ0v) is 9.30. The lowest BCUT2D eigenvalue weighted by molar-refractivity contribution is -0.151. The van der Waals surface area contributed by atoms with Crippen molar-refractivity contribution in [3.05, 3.63) is 12.2 Å². The first-order chi connectivity index (χ1) is 7.36. The molecule has 0 amide bonds. The first kappa shape index (κ1) is 16.7. The van der Waals surface area contributed by atoms with Gasteiger partial charge in [-0.05, 0) is 13.8 Å². The van der Waals surface area contributed by atoms with Gasteiger partial charge in [-0.15, -0.1) is 0 Å². The molecule has 2 N–H and O–H groups in total. The molecule has 0 aliphatic carbocycles. The highest BCUT2D eigenvalue weighted by Gasteiger charge is 2.15. The van der Waals surface area contributed by atoms with Crippen molar-refractivity contribution in [2.24, 2.45) is 0 Å². The molecule has 0 aliphatic rings. The Morgan fingerprint density at radius 2 is 1.88 bits per heavy atom. The molecule has 0 bridgehead atoms. The monoisotopic (exact) mass is 232 g/mol. The van der Waals surface area contributed by atoms with Gasteiger partial charge >= 0.3 is 11.9 Å². The molecule has 1 atom stereocenters. The van der Waals surface area contributed by atoms with Gasteiger partial charge in [0.15, 0.2) is 6.10 Å². The number of carboxylic acid groups (broad SMARTS) is 2. The quantitative estimate of drug-likeness (QED) is 0.516. The lowest BCUT2D eigenvalue weighted by atomic mass is 10.3. The Kier molecular flexibility index (Phi) is 10.3. The summed E-state index contributed by atoms with van der Waals surface area (Å²) in [4.78, 5) is 29.6. The number of hydrogen-bond acceptors (Lipinski definition) is 4. The summed E-state index contributed by atoms with van der Waals surface area (Å²) >= 11 is 0. The Labute approximate surface area is 93.5 Å². The highest BCUT2D eigenvalue weighted by molar-refractivity contribution is 5.84. The van der Waals surface area contributed by atoms with Gasteiger partial charge < -0.3 is 19.7 Å². The summed E-state index contributed by atoms with van der Waals surface area (Å²) in [6, 6.07) is 0. The van der Waals surface area contributed by atoms with Crippen molar-refractivity contribution in [2.75, 3.05) is 6.61 Å². The van der Waals surface area contributed by atoms with Crippen molar-refractivity contribution < 1.29 is 29.3 Å². The molecule has 92 valence electrons. The molecule has 0 heterocycles. The summed E-state index contributed by atoms with van der Waals surface area (Å²) in [7, 11) is 0. The Bertz CT molecular complexity index is 246. The van der Waals surface area contributed by atoms with E-state index in [9.17, 15) is 14.4 Å². The fourth-order valence-corrected chi connectivity index (χ4v) is 0.529. The van der Waals surface area contributed by atoms with Crippen molar-refractivity contribution in [3.63, 3.8) is 0 Å². The van der Waals surface area contributed by atoms with Gasteiger partial charge in [0.1, 0.15) is 6.29 Å². The lowest BCUT2D eigenvalue weighted by Gasteiger charge is -2.06. The Morgan fingerprint density at radius 3 is 2.06 bits per heavy atom. The van der Waals surface area contributed by atoms with Gasteiger partial charge in [-0.3, -0.25) is 0 Å². The highest BCUT2D eigenvalue weighted by Crippen LogP contribution is 1.95. The van der Waals surface area contributed by atoms with Crippen molar-refractivity contribution in [2.45, 2.75) is 26.4 Å². The van der Waals surface area contributed by atoms with Crippen molar-refractivity contribution in [3.8, 4) is 0 Å². The summed E-state index contributed by atoms with van der Waals surface area (Å²) in [6.45, 7) is 6.59. The molecule has 0 aromatic heterocycles. The van der Waals surface area contributed by atoms with E-state index in [0.29, 0.717) is 12.9 Å². The van der Waals surface area contributed by atoms with Gasteiger partial charge in [0, 0.05) is 18.6 Å². The summed E-state index contributed by atoms with van der Waals surface area (Å²) in [5.41, 5.74) is 0.176. The van der Waals surface area contributed by atoms with Crippen LogP contribution in [0.4, 0.5) is 0 Å². The van der Waals surface area contributed by atoms with Gasteiger partial charge in [0.05, 0.1) is 0 Å². The van der Waals surface area contributed by atoms with Crippen LogP contribution in [0.15, 0.2) is 12.2 Å². The van der Waals surface area contributed by atoms with Crippen LogP contribution in [0.5, 0.6) is 0 Å². The number of rotatable bonds is 6. The van der Waals surface area contributed by atoms with E-state index in [2.05, 4.69) is 6.58 Å². The Morgan fingerprint density at radius 1 is 1.44 bits per heavy atom. The Hall–Kier alpha value is -1.69. The van der Waals surface area contributed by atoms with Crippen LogP contribution in [0.1, 0.15) is 20.3 Å². The van der Waals surface area contributed by atoms with Crippen LogP contribution in [-0.4, -0.2) is 41.1 Å². The van der Waals surface area contributed by atoms with Gasteiger partial charge in [-0.2, -0.15) is 0 Å². The molecule has 0 radical (unpaired) electrons. The SMILES string of the molecule is C=C(C)C(=O)O.CCOC(CC=O)C(=O)O. The molecule has 0 spiro atoms. The van der Waals surface area contributed by atoms with Crippen molar-refractivity contribution >= 4 is 18.2 Å². The van der Waals surface area contributed by atoms with E-state index in [1.54, 1.807) is 6.92 Å². The Balaban J connectivity index is 0. The van der Waals surface area contributed by atoms with E-state index >= 15 is 0 Å². The molecule has 0 saturated carbocycles. The molecule has 0 rings (SSSR count). The maximum atomic E-state index is 10.2. The fraction of sp³-hybridized carbons (Fsp3) is 0.500. The first-order valence-electron chi connectivity index (χ1n) is 4.53. The molecular formula is C10H16O6. The minimum atomic E-state index is -1.09. The average Bonchev–Trinajstić information content (AvgIpc) is 2.18. The van der Waals surface area contributed by atoms with E-state index < -0.39 is 18.0 Å².